The van der Waals surface area contributed by atoms with Crippen molar-refractivity contribution < 1.29 is 14.3 Å². The SMILES string of the molecule is CCNC(=O)CN(CC)c1ccc(N)cc1C(=O)OC. The number of carbonyl (C=O) groups excluding carboxylic acids is 2. The first kappa shape index (κ1) is 15.8. The fraction of sp³-hybridized carbons (Fsp3) is 0.429. The van der Waals surface area contributed by atoms with E-state index in [-0.39, 0.29) is 12.5 Å². The molecule has 0 aromatic heterocycles. The van der Waals surface area contributed by atoms with Gasteiger partial charge in [0, 0.05) is 18.8 Å². The third-order valence-electron chi connectivity index (χ3n) is 2.86. The summed E-state index contributed by atoms with van der Waals surface area (Å²) in [5, 5.41) is 2.73. The normalized spacial score (nSPS) is 9.95. The van der Waals surface area contributed by atoms with Crippen LogP contribution in [-0.4, -0.2) is 38.6 Å². The zero-order chi connectivity index (χ0) is 15.1. The Morgan fingerprint density at radius 3 is 2.60 bits per heavy atom. The van der Waals surface area contributed by atoms with Crippen LogP contribution in [0.1, 0.15) is 24.2 Å². The zero-order valence-corrected chi connectivity index (χ0v) is 12.1. The minimum absolute atomic E-state index is 0.0954. The van der Waals surface area contributed by atoms with E-state index < -0.39 is 5.97 Å². The number of nitrogens with zero attached hydrogens (tertiary/aromatic N) is 1. The lowest BCUT2D eigenvalue weighted by molar-refractivity contribution is -0.119. The summed E-state index contributed by atoms with van der Waals surface area (Å²) in [4.78, 5) is 25.3. The maximum atomic E-state index is 11.8. The van der Waals surface area contributed by atoms with Gasteiger partial charge < -0.3 is 20.7 Å². The van der Waals surface area contributed by atoms with Crippen LogP contribution in [0.3, 0.4) is 0 Å². The molecule has 1 rings (SSSR count). The molecule has 0 atom stereocenters. The van der Waals surface area contributed by atoms with Crippen LogP contribution >= 0.6 is 0 Å². The van der Waals surface area contributed by atoms with Crippen molar-refractivity contribution in [2.75, 3.05) is 37.4 Å². The van der Waals surface area contributed by atoms with Crippen molar-refractivity contribution in [3.63, 3.8) is 0 Å². The molecule has 6 nitrogen and oxygen atoms in total. The summed E-state index contributed by atoms with van der Waals surface area (Å²) in [5.74, 6) is -0.566. The van der Waals surface area contributed by atoms with Gasteiger partial charge in [0.15, 0.2) is 0 Å². The molecule has 3 N–H and O–H groups in total. The molecule has 0 fully saturated rings. The summed E-state index contributed by atoms with van der Waals surface area (Å²) in [6, 6.07) is 4.98. The van der Waals surface area contributed by atoms with Crippen LogP contribution in [0.2, 0.25) is 0 Å². The van der Waals surface area contributed by atoms with E-state index in [9.17, 15) is 9.59 Å². The van der Waals surface area contributed by atoms with Gasteiger partial charge in [0.1, 0.15) is 0 Å². The van der Waals surface area contributed by atoms with E-state index in [0.29, 0.717) is 30.0 Å². The molecule has 0 saturated heterocycles. The number of likely N-dealkylation sites (N-methyl/N-ethyl adjacent to an activating group) is 2. The molecule has 0 heterocycles. The number of benzene rings is 1. The van der Waals surface area contributed by atoms with E-state index in [1.807, 2.05) is 13.8 Å². The molecule has 0 radical (unpaired) electrons. The molecule has 0 unspecified atom stereocenters. The molecule has 6 heteroatoms. The third-order valence-corrected chi connectivity index (χ3v) is 2.86. The smallest absolute Gasteiger partial charge is 0.340 e. The van der Waals surface area contributed by atoms with Gasteiger partial charge >= 0.3 is 5.97 Å². The molecule has 0 bridgehead atoms. The molecule has 20 heavy (non-hydrogen) atoms. The number of nitrogen functional groups attached to an aromatic ring is 1. The summed E-state index contributed by atoms with van der Waals surface area (Å²) < 4.78 is 4.76. The van der Waals surface area contributed by atoms with Crippen LogP contribution in [0.5, 0.6) is 0 Å². The van der Waals surface area contributed by atoms with Crippen molar-refractivity contribution in [2.24, 2.45) is 0 Å². The standard InChI is InChI=1S/C14H21N3O3/c1-4-16-13(18)9-17(5-2)12-7-6-10(15)8-11(12)14(19)20-3/h6-8H,4-5,9,15H2,1-3H3,(H,16,18). The number of hydrogen-bond donors (Lipinski definition) is 2. The minimum atomic E-state index is -0.471. The fourth-order valence-corrected chi connectivity index (χ4v) is 1.90. The number of carbonyl (C=O) groups is 2. The summed E-state index contributed by atoms with van der Waals surface area (Å²) >= 11 is 0. The van der Waals surface area contributed by atoms with Gasteiger partial charge in [-0.25, -0.2) is 4.79 Å². The quantitative estimate of drug-likeness (QED) is 0.600. The molecule has 1 amide bonds. The second-order valence-electron chi connectivity index (χ2n) is 4.24. The highest BCUT2D eigenvalue weighted by Gasteiger charge is 2.18. The maximum absolute atomic E-state index is 11.8. The number of ether oxygens (including phenoxy) is 1. The van der Waals surface area contributed by atoms with Crippen LogP contribution in [0, 0.1) is 0 Å². The van der Waals surface area contributed by atoms with E-state index in [0.717, 1.165) is 0 Å². The van der Waals surface area contributed by atoms with Gasteiger partial charge in [-0.3, -0.25) is 4.79 Å². The molecule has 1 aromatic carbocycles. The van der Waals surface area contributed by atoms with Crippen LogP contribution < -0.4 is 16.0 Å². The Morgan fingerprint density at radius 2 is 2.05 bits per heavy atom. The van der Waals surface area contributed by atoms with Crippen LogP contribution in [0.25, 0.3) is 0 Å². The van der Waals surface area contributed by atoms with Crippen molar-refractivity contribution >= 4 is 23.3 Å². The van der Waals surface area contributed by atoms with Gasteiger partial charge in [-0.05, 0) is 32.0 Å². The molecule has 0 spiro atoms. The van der Waals surface area contributed by atoms with Crippen LogP contribution in [-0.2, 0) is 9.53 Å². The number of methoxy groups -OCH3 is 1. The predicted octanol–water partition coefficient (Wildman–Crippen LogP) is 1.02. The molecule has 1 aromatic rings. The average Bonchev–Trinajstić information content (AvgIpc) is 2.44. The zero-order valence-electron chi connectivity index (χ0n) is 12.1. The van der Waals surface area contributed by atoms with Gasteiger partial charge in [0.25, 0.3) is 0 Å². The Bertz CT molecular complexity index is 489. The van der Waals surface area contributed by atoms with Crippen molar-refractivity contribution in [1.29, 1.82) is 0 Å². The lowest BCUT2D eigenvalue weighted by Gasteiger charge is -2.24. The largest absolute Gasteiger partial charge is 0.465 e. The topological polar surface area (TPSA) is 84.7 Å². The highest BCUT2D eigenvalue weighted by atomic mass is 16.5. The highest BCUT2D eigenvalue weighted by Crippen LogP contribution is 2.23. The summed E-state index contributed by atoms with van der Waals surface area (Å²) in [6.07, 6.45) is 0. The summed E-state index contributed by atoms with van der Waals surface area (Å²) in [6.45, 7) is 5.11. The molecule has 0 saturated carbocycles. The molecule has 0 aliphatic carbocycles. The number of nitrogens with one attached hydrogen (secondary N) is 1. The lowest BCUT2D eigenvalue weighted by Crippen LogP contribution is -2.37. The number of nitrogens with two attached hydrogens (primary N) is 1. The second kappa shape index (κ2) is 7.37. The van der Waals surface area contributed by atoms with Crippen molar-refractivity contribution in [3.05, 3.63) is 23.8 Å². The first-order chi connectivity index (χ1) is 9.53. The second-order valence-corrected chi connectivity index (χ2v) is 4.24. The first-order valence-corrected chi connectivity index (χ1v) is 6.52. The first-order valence-electron chi connectivity index (χ1n) is 6.52. The monoisotopic (exact) mass is 279 g/mol. The van der Waals surface area contributed by atoms with Gasteiger partial charge in [-0.1, -0.05) is 0 Å². The number of anilines is 2. The molecular formula is C14H21N3O3. The lowest BCUT2D eigenvalue weighted by atomic mass is 10.1. The van der Waals surface area contributed by atoms with E-state index in [4.69, 9.17) is 10.5 Å². The van der Waals surface area contributed by atoms with Crippen LogP contribution in [0.4, 0.5) is 11.4 Å². The molecule has 0 aliphatic heterocycles. The minimum Gasteiger partial charge on any atom is -0.465 e. The average molecular weight is 279 g/mol. The number of hydrogen-bond acceptors (Lipinski definition) is 5. The Labute approximate surface area is 118 Å². The van der Waals surface area contributed by atoms with Crippen molar-refractivity contribution in [3.8, 4) is 0 Å². The van der Waals surface area contributed by atoms with E-state index in [2.05, 4.69) is 5.32 Å². The van der Waals surface area contributed by atoms with E-state index >= 15 is 0 Å². The Hall–Kier alpha value is -2.24. The van der Waals surface area contributed by atoms with E-state index in [1.165, 1.54) is 7.11 Å². The highest BCUT2D eigenvalue weighted by molar-refractivity contribution is 5.97. The molecular weight excluding hydrogens is 258 g/mol. The number of esters is 1. The number of amides is 1. The fourth-order valence-electron chi connectivity index (χ4n) is 1.90. The summed E-state index contributed by atoms with van der Waals surface area (Å²) in [7, 11) is 1.31. The van der Waals surface area contributed by atoms with E-state index in [1.54, 1.807) is 23.1 Å². The van der Waals surface area contributed by atoms with Gasteiger partial charge in [0.2, 0.25) is 5.91 Å². The molecule has 110 valence electrons. The Balaban J connectivity index is 3.08. The summed E-state index contributed by atoms with van der Waals surface area (Å²) in [5.41, 5.74) is 7.18. The van der Waals surface area contributed by atoms with Crippen LogP contribution in [0.15, 0.2) is 18.2 Å². The van der Waals surface area contributed by atoms with Crippen molar-refractivity contribution in [2.45, 2.75) is 13.8 Å². The van der Waals surface area contributed by atoms with Gasteiger partial charge in [-0.15, -0.1) is 0 Å². The Morgan fingerprint density at radius 1 is 1.35 bits per heavy atom. The van der Waals surface area contributed by atoms with Gasteiger partial charge in [-0.2, -0.15) is 0 Å². The predicted molar refractivity (Wildman–Crippen MR) is 78.8 cm³/mol. The Kier molecular flexibility index (Phi) is 5.83. The van der Waals surface area contributed by atoms with Crippen molar-refractivity contribution in [1.82, 2.24) is 5.32 Å². The molecule has 0 aliphatic rings. The maximum Gasteiger partial charge on any atom is 0.340 e. The number of rotatable bonds is 6. The third kappa shape index (κ3) is 3.88. The van der Waals surface area contributed by atoms with Gasteiger partial charge in [0.05, 0.1) is 24.9 Å².